The van der Waals surface area contributed by atoms with Gasteiger partial charge in [-0.3, -0.25) is 19.2 Å². The van der Waals surface area contributed by atoms with Gasteiger partial charge in [0.25, 0.3) is 0 Å². The predicted molar refractivity (Wildman–Crippen MR) is 146 cm³/mol. The van der Waals surface area contributed by atoms with E-state index in [-0.39, 0.29) is 71.2 Å². The van der Waals surface area contributed by atoms with Gasteiger partial charge in [-0.05, 0) is 26.7 Å². The van der Waals surface area contributed by atoms with E-state index in [1.54, 1.807) is 13.8 Å². The molecule has 0 aliphatic carbocycles. The van der Waals surface area contributed by atoms with Gasteiger partial charge < -0.3 is 43.0 Å². The van der Waals surface area contributed by atoms with Gasteiger partial charge in [0.2, 0.25) is 0 Å². The van der Waals surface area contributed by atoms with Crippen LogP contribution in [0.15, 0.2) is 0 Å². The van der Waals surface area contributed by atoms with Crippen molar-refractivity contribution in [3.63, 3.8) is 0 Å². The lowest BCUT2D eigenvalue weighted by Crippen LogP contribution is -2.30. The molecule has 0 bridgehead atoms. The molecule has 0 radical (unpaired) electrons. The molecule has 0 aromatic rings. The van der Waals surface area contributed by atoms with Gasteiger partial charge in [-0.2, -0.15) is 0 Å². The van der Waals surface area contributed by atoms with Gasteiger partial charge >= 0.3 is 36.2 Å². The molecule has 0 saturated heterocycles. The fourth-order valence-electron chi connectivity index (χ4n) is 2.66. The minimum Gasteiger partial charge on any atom is -0.465 e. The van der Waals surface area contributed by atoms with Gasteiger partial charge in [0, 0.05) is 5.41 Å². The van der Waals surface area contributed by atoms with Crippen LogP contribution in [0.2, 0.25) is 0 Å². The van der Waals surface area contributed by atoms with Crippen molar-refractivity contribution in [2.45, 2.75) is 92.5 Å². The standard InChI is InChI=1S/C28H46O15/c1-18(2)12-36-22(30)8-10-24(32)42-20(4)14-38-26(34)40-16-28(6,7)17-41-27(35)39-15-21(5)43-25(33)11-9-23(31)37-13-19(3)29/h18-21,29H,8-17H2,1-7H3. The van der Waals surface area contributed by atoms with Crippen molar-refractivity contribution < 1.29 is 71.8 Å². The Bertz CT molecular complexity index is 827. The largest absolute Gasteiger partial charge is 0.508 e. The lowest BCUT2D eigenvalue weighted by atomic mass is 9.96. The molecule has 1 N–H and O–H groups in total. The van der Waals surface area contributed by atoms with Crippen LogP contribution in [-0.4, -0.2) is 99.2 Å². The molecule has 43 heavy (non-hydrogen) atoms. The molecule has 0 rings (SSSR count). The summed E-state index contributed by atoms with van der Waals surface area (Å²) >= 11 is 0. The van der Waals surface area contributed by atoms with Crippen LogP contribution < -0.4 is 0 Å². The molecule has 0 aliphatic heterocycles. The third-order valence-corrected chi connectivity index (χ3v) is 4.83. The maximum absolute atomic E-state index is 11.9. The van der Waals surface area contributed by atoms with Gasteiger partial charge in [-0.15, -0.1) is 0 Å². The van der Waals surface area contributed by atoms with Crippen molar-refractivity contribution in [2.24, 2.45) is 11.3 Å². The van der Waals surface area contributed by atoms with E-state index >= 15 is 0 Å². The van der Waals surface area contributed by atoms with E-state index in [1.807, 2.05) is 13.8 Å². The molecule has 0 aromatic heterocycles. The fraction of sp³-hybridized carbons (Fsp3) is 0.786. The van der Waals surface area contributed by atoms with Crippen LogP contribution in [0.4, 0.5) is 9.59 Å². The quantitative estimate of drug-likeness (QED) is 0.153. The van der Waals surface area contributed by atoms with E-state index in [1.165, 1.54) is 20.8 Å². The first-order chi connectivity index (χ1) is 20.0. The SMILES string of the molecule is CC(C)COC(=O)CCC(=O)OC(C)COC(=O)OCC(C)(C)COC(=O)OCC(C)OC(=O)CCC(=O)OCC(C)O. The van der Waals surface area contributed by atoms with E-state index in [0.29, 0.717) is 0 Å². The topological polar surface area (TPSA) is 196 Å². The smallest absolute Gasteiger partial charge is 0.465 e. The normalized spacial score (nSPS) is 13.1. The number of esters is 4. The van der Waals surface area contributed by atoms with Crippen LogP contribution in [-0.2, 0) is 57.1 Å². The molecule has 0 fully saturated rings. The molecule has 0 saturated carbocycles. The first-order valence-corrected chi connectivity index (χ1v) is 14.0. The summed E-state index contributed by atoms with van der Waals surface area (Å²) in [5, 5.41) is 9.07. The second-order valence-corrected chi connectivity index (χ2v) is 11.1. The van der Waals surface area contributed by atoms with E-state index in [4.69, 9.17) is 43.0 Å². The summed E-state index contributed by atoms with van der Waals surface area (Å²) in [6.07, 6.45) is -5.23. The minimum absolute atomic E-state index is 0.121. The fourth-order valence-corrected chi connectivity index (χ4v) is 2.66. The van der Waals surface area contributed by atoms with Crippen molar-refractivity contribution >= 4 is 36.2 Å². The Hall–Kier alpha value is -3.62. The monoisotopic (exact) mass is 622 g/mol. The Morgan fingerprint density at radius 3 is 1.28 bits per heavy atom. The van der Waals surface area contributed by atoms with Crippen molar-refractivity contribution in [3.05, 3.63) is 0 Å². The molecule has 0 spiro atoms. The predicted octanol–water partition coefficient (Wildman–Crippen LogP) is 2.87. The maximum Gasteiger partial charge on any atom is 0.508 e. The van der Waals surface area contributed by atoms with E-state index in [0.717, 1.165) is 0 Å². The number of aliphatic hydroxyl groups is 1. The Labute approximate surface area is 251 Å². The van der Waals surface area contributed by atoms with Gasteiger partial charge in [-0.1, -0.05) is 27.7 Å². The van der Waals surface area contributed by atoms with E-state index in [9.17, 15) is 28.8 Å². The zero-order chi connectivity index (χ0) is 33.0. The lowest BCUT2D eigenvalue weighted by Gasteiger charge is -2.23. The number of carbonyl (C=O) groups is 6. The van der Waals surface area contributed by atoms with Crippen LogP contribution in [0.25, 0.3) is 0 Å². The number of ether oxygens (including phenoxy) is 8. The minimum atomic E-state index is -1.04. The van der Waals surface area contributed by atoms with Crippen molar-refractivity contribution in [2.75, 3.05) is 39.6 Å². The second kappa shape index (κ2) is 21.1. The summed E-state index contributed by atoms with van der Waals surface area (Å²) in [5.74, 6) is -2.32. The Balaban J connectivity index is 4.14. The number of hydrogen-bond acceptors (Lipinski definition) is 15. The molecule has 3 atom stereocenters. The van der Waals surface area contributed by atoms with Crippen LogP contribution >= 0.6 is 0 Å². The van der Waals surface area contributed by atoms with Crippen LogP contribution in [0.5, 0.6) is 0 Å². The molecule has 0 aromatic carbocycles. The van der Waals surface area contributed by atoms with Crippen LogP contribution in [0.1, 0.15) is 74.1 Å². The first kappa shape index (κ1) is 39.4. The molecular formula is C28H46O15. The van der Waals surface area contributed by atoms with Crippen LogP contribution in [0.3, 0.4) is 0 Å². The average molecular weight is 623 g/mol. The highest BCUT2D eigenvalue weighted by Gasteiger charge is 2.25. The molecule has 15 heteroatoms. The van der Waals surface area contributed by atoms with Crippen molar-refractivity contribution in [3.8, 4) is 0 Å². The summed E-state index contributed by atoms with van der Waals surface area (Å²) in [6, 6.07) is 0. The first-order valence-electron chi connectivity index (χ1n) is 14.0. The summed E-state index contributed by atoms with van der Waals surface area (Å²) in [4.78, 5) is 70.5. The number of hydrogen-bond donors (Lipinski definition) is 1. The number of aliphatic hydroxyl groups excluding tert-OH is 1. The zero-order valence-electron chi connectivity index (χ0n) is 26.0. The molecular weight excluding hydrogens is 576 g/mol. The number of carbonyl (C=O) groups excluding carboxylic acids is 6. The van der Waals surface area contributed by atoms with Gasteiger partial charge in [-0.25, -0.2) is 9.59 Å². The zero-order valence-corrected chi connectivity index (χ0v) is 26.0. The molecule has 3 unspecified atom stereocenters. The highest BCUT2D eigenvalue weighted by molar-refractivity contribution is 5.78. The molecule has 0 aliphatic rings. The summed E-state index contributed by atoms with van der Waals surface area (Å²) in [6.45, 7) is 10.7. The average Bonchev–Trinajstić information content (AvgIpc) is 2.92. The Morgan fingerprint density at radius 2 is 0.907 bits per heavy atom. The Morgan fingerprint density at radius 1 is 0.535 bits per heavy atom. The Kier molecular flexibility index (Phi) is 19.3. The van der Waals surface area contributed by atoms with Gasteiger partial charge in [0.05, 0.1) is 38.4 Å². The third-order valence-electron chi connectivity index (χ3n) is 4.83. The van der Waals surface area contributed by atoms with Gasteiger partial charge in [0.15, 0.2) is 0 Å². The van der Waals surface area contributed by atoms with Crippen molar-refractivity contribution in [1.29, 1.82) is 0 Å². The van der Waals surface area contributed by atoms with Crippen LogP contribution in [0, 0.1) is 11.3 Å². The highest BCUT2D eigenvalue weighted by Crippen LogP contribution is 2.17. The summed E-state index contributed by atoms with van der Waals surface area (Å²) < 4.78 is 39.7. The molecule has 0 heterocycles. The van der Waals surface area contributed by atoms with Crippen molar-refractivity contribution in [1.82, 2.24) is 0 Å². The molecule has 248 valence electrons. The number of rotatable bonds is 20. The highest BCUT2D eigenvalue weighted by atomic mass is 16.7. The lowest BCUT2D eigenvalue weighted by molar-refractivity contribution is -0.155. The second-order valence-electron chi connectivity index (χ2n) is 11.1. The summed E-state index contributed by atoms with van der Waals surface area (Å²) in [5.41, 5.74) is -0.819. The molecule has 0 amide bonds. The molecule has 15 nitrogen and oxygen atoms in total. The van der Waals surface area contributed by atoms with Gasteiger partial charge in [0.1, 0.15) is 45.2 Å². The summed E-state index contributed by atoms with van der Waals surface area (Å²) in [7, 11) is 0. The third kappa shape index (κ3) is 23.6. The van der Waals surface area contributed by atoms with E-state index in [2.05, 4.69) is 0 Å². The van der Waals surface area contributed by atoms with E-state index < -0.39 is 59.9 Å². The maximum atomic E-state index is 11.9.